The molecule has 2 rings (SSSR count). The molecule has 0 heterocycles. The number of halogens is 1. The number of carbonyl (C=O) groups excluding carboxylic acids is 1. The first-order valence-corrected chi connectivity index (χ1v) is 8.24. The fourth-order valence-corrected chi connectivity index (χ4v) is 2.23. The monoisotopic (exact) mass is 343 g/mol. The molecule has 0 radical (unpaired) electrons. The Kier molecular flexibility index (Phi) is 5.62. The third kappa shape index (κ3) is 4.83. The molecule has 0 aliphatic heterocycles. The lowest BCUT2D eigenvalue weighted by Crippen LogP contribution is -2.14. The Morgan fingerprint density at radius 3 is 2.42 bits per heavy atom. The first-order chi connectivity index (χ1) is 11.3. The van der Waals surface area contributed by atoms with Crippen molar-refractivity contribution in [2.24, 2.45) is 10.7 Å². The Labute approximate surface area is 147 Å². The van der Waals surface area contributed by atoms with Gasteiger partial charge in [0, 0.05) is 11.3 Å². The zero-order chi connectivity index (χ0) is 17.7. The second kappa shape index (κ2) is 7.49. The summed E-state index contributed by atoms with van der Waals surface area (Å²) in [5.74, 6) is 0.330. The molecule has 0 bridgehead atoms. The Morgan fingerprint density at radius 1 is 1.17 bits per heavy atom. The second-order valence-electron chi connectivity index (χ2n) is 6.57. The van der Waals surface area contributed by atoms with Crippen molar-refractivity contribution in [3.05, 3.63) is 59.7 Å². The van der Waals surface area contributed by atoms with E-state index in [2.05, 4.69) is 31.1 Å². The van der Waals surface area contributed by atoms with Crippen LogP contribution in [-0.2, 0) is 5.41 Å². The Balaban J connectivity index is 2.14. The van der Waals surface area contributed by atoms with Crippen LogP contribution in [0.25, 0.3) is 0 Å². The molecule has 0 spiro atoms. The first kappa shape index (κ1) is 18.0. The van der Waals surface area contributed by atoms with Crippen LogP contribution in [-0.4, -0.2) is 17.6 Å². The van der Waals surface area contributed by atoms with Crippen molar-refractivity contribution in [1.82, 2.24) is 0 Å². The van der Waals surface area contributed by atoms with Crippen LogP contribution in [0.15, 0.2) is 53.5 Å². The number of rotatable bonds is 4. The molecule has 1 amide bonds. The molecule has 0 aliphatic carbocycles. The van der Waals surface area contributed by atoms with Crippen molar-refractivity contribution < 1.29 is 4.79 Å². The smallest absolute Gasteiger partial charge is 0.255 e. The number of hydrogen-bond donors (Lipinski definition) is 2. The van der Waals surface area contributed by atoms with E-state index in [1.54, 1.807) is 24.3 Å². The number of amides is 1. The molecule has 0 atom stereocenters. The van der Waals surface area contributed by atoms with E-state index >= 15 is 0 Å². The molecule has 0 aliphatic rings. The molecule has 126 valence electrons. The fraction of sp³-hybridized carbons (Fsp3) is 0.263. The number of amidine groups is 1. The molecular weight excluding hydrogens is 322 g/mol. The van der Waals surface area contributed by atoms with E-state index in [9.17, 15) is 4.79 Å². The van der Waals surface area contributed by atoms with Crippen molar-refractivity contribution in [1.29, 1.82) is 0 Å². The van der Waals surface area contributed by atoms with Gasteiger partial charge in [-0.05, 0) is 41.3 Å². The molecule has 3 N–H and O–H groups in total. The standard InChI is InChI=1S/C19H22ClN3O/c1-19(2,3)14-9-7-13(8-10-14)18(24)23-16-6-4-5-15(11-16)22-17(21)12-20/h4-11H,12H2,1-3H3,(H2,21,22)(H,23,24). The maximum absolute atomic E-state index is 12.4. The van der Waals surface area contributed by atoms with E-state index in [0.717, 1.165) is 0 Å². The normalized spacial score (nSPS) is 12.1. The zero-order valence-corrected chi connectivity index (χ0v) is 14.9. The van der Waals surface area contributed by atoms with Gasteiger partial charge >= 0.3 is 0 Å². The van der Waals surface area contributed by atoms with Gasteiger partial charge in [-0.2, -0.15) is 0 Å². The third-order valence-electron chi connectivity index (χ3n) is 3.53. The topological polar surface area (TPSA) is 67.5 Å². The van der Waals surface area contributed by atoms with Crippen LogP contribution >= 0.6 is 11.6 Å². The van der Waals surface area contributed by atoms with Gasteiger partial charge in [-0.1, -0.05) is 39.0 Å². The van der Waals surface area contributed by atoms with Gasteiger partial charge in [0.05, 0.1) is 11.6 Å². The van der Waals surface area contributed by atoms with Crippen LogP contribution in [0.2, 0.25) is 0 Å². The molecule has 0 unspecified atom stereocenters. The largest absolute Gasteiger partial charge is 0.386 e. The molecule has 0 fully saturated rings. The Hall–Kier alpha value is -2.33. The fourth-order valence-electron chi connectivity index (χ4n) is 2.17. The van der Waals surface area contributed by atoms with E-state index < -0.39 is 0 Å². The minimum absolute atomic E-state index is 0.0592. The van der Waals surface area contributed by atoms with E-state index in [1.807, 2.05) is 24.3 Å². The van der Waals surface area contributed by atoms with Crippen LogP contribution < -0.4 is 11.1 Å². The van der Waals surface area contributed by atoms with Gasteiger partial charge in [-0.3, -0.25) is 4.79 Å². The lowest BCUT2D eigenvalue weighted by atomic mass is 9.87. The SMILES string of the molecule is CC(C)(C)c1ccc(C(=O)Nc2cccc(N=C(N)CCl)c2)cc1. The van der Waals surface area contributed by atoms with E-state index in [-0.39, 0.29) is 17.2 Å². The number of hydrogen-bond acceptors (Lipinski definition) is 2. The maximum atomic E-state index is 12.4. The highest BCUT2D eigenvalue weighted by molar-refractivity contribution is 6.28. The molecule has 0 saturated carbocycles. The summed E-state index contributed by atoms with van der Waals surface area (Å²) in [4.78, 5) is 16.5. The van der Waals surface area contributed by atoms with Crippen molar-refractivity contribution in [2.75, 3.05) is 11.2 Å². The summed E-state index contributed by atoms with van der Waals surface area (Å²) in [6.07, 6.45) is 0. The number of aliphatic imine (C=N–C) groups is 1. The minimum Gasteiger partial charge on any atom is -0.386 e. The van der Waals surface area contributed by atoms with Crippen molar-refractivity contribution in [3.63, 3.8) is 0 Å². The Morgan fingerprint density at radius 2 is 1.83 bits per heavy atom. The molecule has 2 aromatic rings. The van der Waals surface area contributed by atoms with Crippen molar-refractivity contribution in [2.45, 2.75) is 26.2 Å². The summed E-state index contributed by atoms with van der Waals surface area (Å²) < 4.78 is 0. The second-order valence-corrected chi connectivity index (χ2v) is 6.84. The summed E-state index contributed by atoms with van der Waals surface area (Å²) in [6, 6.07) is 14.8. The van der Waals surface area contributed by atoms with Crippen LogP contribution in [0.3, 0.4) is 0 Å². The summed E-state index contributed by atoms with van der Waals surface area (Å²) >= 11 is 5.63. The zero-order valence-electron chi connectivity index (χ0n) is 14.1. The summed E-state index contributed by atoms with van der Waals surface area (Å²) in [7, 11) is 0. The van der Waals surface area contributed by atoms with Gasteiger partial charge in [0.15, 0.2) is 0 Å². The van der Waals surface area contributed by atoms with Gasteiger partial charge < -0.3 is 11.1 Å². The summed E-state index contributed by atoms with van der Waals surface area (Å²) in [5.41, 5.74) is 8.79. The average Bonchev–Trinajstić information content (AvgIpc) is 2.54. The van der Waals surface area contributed by atoms with Gasteiger partial charge in [0.1, 0.15) is 5.84 Å². The molecule has 2 aromatic carbocycles. The first-order valence-electron chi connectivity index (χ1n) is 7.70. The molecule has 24 heavy (non-hydrogen) atoms. The number of nitrogens with two attached hydrogens (primary N) is 1. The van der Waals surface area contributed by atoms with Gasteiger partial charge in [-0.15, -0.1) is 11.6 Å². The molecular formula is C19H22ClN3O. The highest BCUT2D eigenvalue weighted by atomic mass is 35.5. The van der Waals surface area contributed by atoms with E-state index in [0.29, 0.717) is 22.8 Å². The number of nitrogens with one attached hydrogen (secondary N) is 1. The highest BCUT2D eigenvalue weighted by Crippen LogP contribution is 2.23. The van der Waals surface area contributed by atoms with Gasteiger partial charge in [0.2, 0.25) is 0 Å². The van der Waals surface area contributed by atoms with E-state index in [1.165, 1.54) is 5.56 Å². The predicted octanol–water partition coefficient (Wildman–Crippen LogP) is 4.46. The lowest BCUT2D eigenvalue weighted by molar-refractivity contribution is 0.102. The number of benzene rings is 2. The van der Waals surface area contributed by atoms with Crippen LogP contribution in [0.5, 0.6) is 0 Å². The number of carbonyl (C=O) groups is 1. The third-order valence-corrected chi connectivity index (χ3v) is 3.80. The quantitative estimate of drug-likeness (QED) is 0.488. The molecule has 0 saturated heterocycles. The van der Waals surface area contributed by atoms with Crippen molar-refractivity contribution >= 4 is 34.7 Å². The Bertz CT molecular complexity index is 746. The maximum Gasteiger partial charge on any atom is 0.255 e. The molecule has 4 nitrogen and oxygen atoms in total. The van der Waals surface area contributed by atoms with Crippen LogP contribution in [0, 0.1) is 0 Å². The van der Waals surface area contributed by atoms with Crippen molar-refractivity contribution in [3.8, 4) is 0 Å². The van der Waals surface area contributed by atoms with Gasteiger partial charge in [0.25, 0.3) is 5.91 Å². The molecule has 0 aromatic heterocycles. The average molecular weight is 344 g/mol. The van der Waals surface area contributed by atoms with E-state index in [4.69, 9.17) is 17.3 Å². The highest BCUT2D eigenvalue weighted by Gasteiger charge is 2.14. The summed E-state index contributed by atoms with van der Waals surface area (Å²) in [6.45, 7) is 6.42. The van der Waals surface area contributed by atoms with Gasteiger partial charge in [-0.25, -0.2) is 4.99 Å². The van der Waals surface area contributed by atoms with Crippen LogP contribution in [0.4, 0.5) is 11.4 Å². The molecule has 5 heteroatoms. The van der Waals surface area contributed by atoms with Crippen LogP contribution in [0.1, 0.15) is 36.7 Å². The predicted molar refractivity (Wildman–Crippen MR) is 102 cm³/mol. The number of alkyl halides is 1. The summed E-state index contributed by atoms with van der Waals surface area (Å²) in [5, 5.41) is 2.87. The number of anilines is 1. The minimum atomic E-state index is -0.165. The lowest BCUT2D eigenvalue weighted by Gasteiger charge is -2.19. The number of nitrogens with zero attached hydrogens (tertiary/aromatic N) is 1.